The zero-order valence-corrected chi connectivity index (χ0v) is 11.6. The van der Waals surface area contributed by atoms with Gasteiger partial charge in [-0.15, -0.1) is 0 Å². The largest absolute Gasteiger partial charge is 0.480 e. The molecule has 0 bridgehead atoms. The zero-order valence-electron chi connectivity index (χ0n) is 10.8. The van der Waals surface area contributed by atoms with Gasteiger partial charge in [-0.3, -0.25) is 4.79 Å². The average molecular weight is 284 g/mol. The van der Waals surface area contributed by atoms with E-state index in [-0.39, 0.29) is 0 Å². The second-order valence-corrected chi connectivity index (χ2v) is 5.12. The van der Waals surface area contributed by atoms with Crippen LogP contribution in [0.4, 0.5) is 0 Å². The molecule has 1 aromatic rings. The van der Waals surface area contributed by atoms with Gasteiger partial charge in [0.15, 0.2) is 0 Å². The number of benzene rings is 1. The third kappa shape index (κ3) is 3.67. The van der Waals surface area contributed by atoms with E-state index in [1.165, 1.54) is 0 Å². The fourth-order valence-electron chi connectivity index (χ4n) is 2.09. The number of carbonyl (C=O) groups is 1. The minimum atomic E-state index is -0.924. The zero-order chi connectivity index (χ0) is 13.8. The summed E-state index contributed by atoms with van der Waals surface area (Å²) in [6.45, 7) is 3.43. The lowest BCUT2D eigenvalue weighted by Gasteiger charge is -2.34. The topological polar surface area (TPSA) is 55.8 Å². The lowest BCUT2D eigenvalue weighted by Crippen LogP contribution is -2.52. The summed E-state index contributed by atoms with van der Waals surface area (Å²) in [5.74, 6) is -0.924. The van der Waals surface area contributed by atoms with E-state index in [0.29, 0.717) is 10.6 Å². The van der Waals surface area contributed by atoms with Crippen molar-refractivity contribution in [3.63, 3.8) is 0 Å². The summed E-state index contributed by atoms with van der Waals surface area (Å²) in [6, 6.07) is 6.23. The molecule has 2 N–H and O–H groups in total. The van der Waals surface area contributed by atoms with Crippen LogP contribution in [0, 0.1) is 0 Å². The molecule has 1 saturated heterocycles. The van der Waals surface area contributed by atoms with Crippen LogP contribution in [0.2, 0.25) is 5.02 Å². The van der Waals surface area contributed by atoms with Gasteiger partial charge in [-0.05, 0) is 13.1 Å². The molecule has 1 heterocycles. The van der Waals surface area contributed by atoms with Gasteiger partial charge in [0.1, 0.15) is 6.04 Å². The number of nitrogens with zero attached hydrogens (tertiary/aromatic N) is 2. The minimum Gasteiger partial charge on any atom is -0.480 e. The molecule has 0 radical (unpaired) electrons. The summed E-state index contributed by atoms with van der Waals surface area (Å²) in [7, 11) is 2.06. The molecule has 1 fully saturated rings. The van der Waals surface area contributed by atoms with E-state index in [4.69, 9.17) is 11.6 Å². The van der Waals surface area contributed by atoms with E-state index in [0.717, 1.165) is 26.2 Å². The maximum atomic E-state index is 11.4. The second kappa shape index (κ2) is 6.34. The summed E-state index contributed by atoms with van der Waals surface area (Å²) < 4.78 is 0. The highest BCUT2D eigenvalue weighted by molar-refractivity contribution is 6.31. The fraction of sp³-hybridized carbons (Fsp3) is 0.462. The number of carboxylic acid groups (broad SMARTS) is 1. The third-order valence-corrected chi connectivity index (χ3v) is 3.62. The van der Waals surface area contributed by atoms with Crippen LogP contribution >= 0.6 is 11.6 Å². The Morgan fingerprint density at radius 2 is 1.95 bits per heavy atom. The average Bonchev–Trinajstić information content (AvgIpc) is 2.39. The first kappa shape index (κ1) is 14.3. The number of hydrogen-bond donors (Lipinski definition) is 2. The number of likely N-dealkylation sites (N-methyl/N-ethyl adjacent to an activating group) is 1. The highest BCUT2D eigenvalue weighted by Crippen LogP contribution is 2.23. The Morgan fingerprint density at radius 3 is 2.53 bits per heavy atom. The number of piperazine rings is 1. The third-order valence-electron chi connectivity index (χ3n) is 3.28. The number of nitrogens with one attached hydrogen (secondary N) is 1. The first-order valence-electron chi connectivity index (χ1n) is 6.25. The summed E-state index contributed by atoms with van der Waals surface area (Å²) in [5.41, 5.74) is 3.65. The molecule has 1 aliphatic heterocycles. The Bertz CT molecular complexity index is 447. The predicted octanol–water partition coefficient (Wildman–Crippen LogP) is 1.22. The molecule has 104 valence electrons. The summed E-state index contributed by atoms with van der Waals surface area (Å²) >= 11 is 6.07. The summed E-state index contributed by atoms with van der Waals surface area (Å²) in [5, 5.41) is 11.8. The first-order valence-corrected chi connectivity index (χ1v) is 6.62. The van der Waals surface area contributed by atoms with E-state index >= 15 is 0 Å². The van der Waals surface area contributed by atoms with Crippen molar-refractivity contribution in [2.75, 3.05) is 33.2 Å². The molecule has 1 aromatic carbocycles. The smallest absolute Gasteiger partial charge is 0.326 e. The van der Waals surface area contributed by atoms with Crippen LogP contribution in [0.5, 0.6) is 0 Å². The van der Waals surface area contributed by atoms with Crippen molar-refractivity contribution < 1.29 is 9.90 Å². The standard InChI is InChI=1S/C13H18ClN3O2/c1-16-6-8-17(9-7-16)15-12(13(18)19)10-4-2-3-5-11(10)14/h2-5,12,15H,6-9H2,1H3,(H,18,19). The van der Waals surface area contributed by atoms with Gasteiger partial charge in [0.2, 0.25) is 0 Å². The van der Waals surface area contributed by atoms with Gasteiger partial charge in [-0.1, -0.05) is 29.8 Å². The second-order valence-electron chi connectivity index (χ2n) is 4.71. The van der Waals surface area contributed by atoms with Gasteiger partial charge >= 0.3 is 5.97 Å². The molecule has 0 spiro atoms. The lowest BCUT2D eigenvalue weighted by atomic mass is 10.1. The minimum absolute atomic E-state index is 0.469. The Labute approximate surface area is 117 Å². The van der Waals surface area contributed by atoms with Gasteiger partial charge < -0.3 is 10.0 Å². The molecule has 5 nitrogen and oxygen atoms in total. The quantitative estimate of drug-likeness (QED) is 0.870. The van der Waals surface area contributed by atoms with Gasteiger partial charge in [0.05, 0.1) is 0 Å². The van der Waals surface area contributed by atoms with Crippen molar-refractivity contribution in [1.29, 1.82) is 0 Å². The number of rotatable bonds is 4. The molecule has 19 heavy (non-hydrogen) atoms. The van der Waals surface area contributed by atoms with Crippen molar-refractivity contribution in [2.45, 2.75) is 6.04 Å². The first-order chi connectivity index (χ1) is 9.08. The van der Waals surface area contributed by atoms with E-state index in [9.17, 15) is 9.90 Å². The number of hydrogen-bond acceptors (Lipinski definition) is 4. The molecule has 2 rings (SSSR count). The van der Waals surface area contributed by atoms with Crippen molar-refractivity contribution in [2.24, 2.45) is 0 Å². The van der Waals surface area contributed by atoms with Gasteiger partial charge in [0, 0.05) is 36.8 Å². The van der Waals surface area contributed by atoms with Crippen molar-refractivity contribution in [3.8, 4) is 0 Å². The van der Waals surface area contributed by atoms with Crippen molar-refractivity contribution in [3.05, 3.63) is 34.9 Å². The Morgan fingerprint density at radius 1 is 1.32 bits per heavy atom. The fourth-order valence-corrected chi connectivity index (χ4v) is 2.33. The van der Waals surface area contributed by atoms with Crippen molar-refractivity contribution >= 4 is 17.6 Å². The highest BCUT2D eigenvalue weighted by Gasteiger charge is 2.25. The molecule has 0 aromatic heterocycles. The predicted molar refractivity (Wildman–Crippen MR) is 74.0 cm³/mol. The molecule has 1 aliphatic rings. The molecule has 0 amide bonds. The van der Waals surface area contributed by atoms with Crippen LogP contribution in [-0.2, 0) is 4.79 Å². The normalized spacial score (nSPS) is 19.3. The molecule has 0 saturated carbocycles. The van der Waals surface area contributed by atoms with Crippen LogP contribution in [0.25, 0.3) is 0 Å². The molecule has 6 heteroatoms. The Hall–Kier alpha value is -1.14. The molecule has 1 unspecified atom stereocenters. The van der Waals surface area contributed by atoms with E-state index in [1.807, 2.05) is 5.01 Å². The number of carboxylic acids is 1. The van der Waals surface area contributed by atoms with Crippen LogP contribution in [0.15, 0.2) is 24.3 Å². The lowest BCUT2D eigenvalue weighted by molar-refractivity contribution is -0.141. The van der Waals surface area contributed by atoms with E-state index in [1.54, 1.807) is 24.3 Å². The van der Waals surface area contributed by atoms with Crippen LogP contribution in [-0.4, -0.2) is 54.2 Å². The monoisotopic (exact) mass is 283 g/mol. The molecule has 1 atom stereocenters. The summed E-state index contributed by atoms with van der Waals surface area (Å²) in [6.07, 6.45) is 0. The van der Waals surface area contributed by atoms with E-state index in [2.05, 4.69) is 17.4 Å². The van der Waals surface area contributed by atoms with Gasteiger partial charge in [0.25, 0.3) is 0 Å². The van der Waals surface area contributed by atoms with Gasteiger partial charge in [-0.25, -0.2) is 10.4 Å². The molecule has 0 aliphatic carbocycles. The highest BCUT2D eigenvalue weighted by atomic mass is 35.5. The van der Waals surface area contributed by atoms with E-state index < -0.39 is 12.0 Å². The Kier molecular flexibility index (Phi) is 4.76. The SMILES string of the molecule is CN1CCN(NC(C(=O)O)c2ccccc2Cl)CC1. The number of aliphatic carboxylic acids is 1. The van der Waals surface area contributed by atoms with Gasteiger partial charge in [-0.2, -0.15) is 0 Å². The summed E-state index contributed by atoms with van der Waals surface area (Å²) in [4.78, 5) is 13.6. The Balaban J connectivity index is 2.09. The number of hydrazine groups is 1. The molecular formula is C13H18ClN3O2. The number of halogens is 1. The van der Waals surface area contributed by atoms with Crippen LogP contribution < -0.4 is 5.43 Å². The molecular weight excluding hydrogens is 266 g/mol. The van der Waals surface area contributed by atoms with Crippen LogP contribution in [0.3, 0.4) is 0 Å². The van der Waals surface area contributed by atoms with Crippen LogP contribution in [0.1, 0.15) is 11.6 Å². The maximum Gasteiger partial charge on any atom is 0.326 e. The van der Waals surface area contributed by atoms with Crippen molar-refractivity contribution in [1.82, 2.24) is 15.3 Å². The maximum absolute atomic E-state index is 11.4.